The van der Waals surface area contributed by atoms with Crippen LogP contribution in [0.1, 0.15) is 73.0 Å². The summed E-state index contributed by atoms with van der Waals surface area (Å²) < 4.78 is 0. The fourth-order valence-electron chi connectivity index (χ4n) is 6.25. The molecule has 7 heteroatoms. The molecule has 2 aliphatic heterocycles. The van der Waals surface area contributed by atoms with Crippen LogP contribution in [0.15, 0.2) is 83.4 Å². The molecule has 3 aromatic carbocycles. The molecule has 0 radical (unpaired) electrons. The Kier molecular flexibility index (Phi) is 9.72. The Hall–Kier alpha value is -4.23. The molecular weight excluding hydrogens is 534 g/mol. The number of carbonyl (C=O) groups excluding carboxylic acids is 2. The second kappa shape index (κ2) is 13.8. The quantitative estimate of drug-likeness (QED) is 0.284. The molecule has 3 N–H and O–H groups in total. The molecule has 1 fully saturated rings. The van der Waals surface area contributed by atoms with Crippen molar-refractivity contribution < 1.29 is 9.59 Å². The van der Waals surface area contributed by atoms with Crippen molar-refractivity contribution in [2.75, 3.05) is 31.5 Å². The number of carbonyl (C=O) groups is 2. The predicted octanol–water partition coefficient (Wildman–Crippen LogP) is 6.60. The zero-order valence-corrected chi connectivity index (χ0v) is 25.6. The summed E-state index contributed by atoms with van der Waals surface area (Å²) in [6.45, 7) is 10.9. The third-order valence-corrected chi connectivity index (χ3v) is 8.32. The Balaban J connectivity index is 1.29. The van der Waals surface area contributed by atoms with Gasteiger partial charge in [0.2, 0.25) is 5.91 Å². The van der Waals surface area contributed by atoms with Gasteiger partial charge in [-0.2, -0.15) is 0 Å². The van der Waals surface area contributed by atoms with Crippen molar-refractivity contribution in [3.05, 3.63) is 101 Å². The minimum Gasteiger partial charge on any atom is -0.387 e. The maximum atomic E-state index is 13.3. The van der Waals surface area contributed by atoms with E-state index in [1.54, 1.807) is 12.1 Å². The molecule has 7 nitrogen and oxygen atoms in total. The minimum atomic E-state index is -0.208. The van der Waals surface area contributed by atoms with E-state index in [9.17, 15) is 9.59 Å². The number of nitrogens with two attached hydrogens (primary N) is 1. The van der Waals surface area contributed by atoms with Crippen LogP contribution in [-0.4, -0.2) is 53.6 Å². The Bertz CT molecular complexity index is 1510. The number of amides is 2. The number of amidine groups is 1. The lowest BCUT2D eigenvalue weighted by molar-refractivity contribution is -0.127. The number of anilines is 1. The summed E-state index contributed by atoms with van der Waals surface area (Å²) in [6, 6.07) is 24.2. The second-order valence-corrected chi connectivity index (χ2v) is 11.9. The molecule has 0 saturated carbocycles. The Labute approximate surface area is 255 Å². The molecule has 1 unspecified atom stereocenters. The van der Waals surface area contributed by atoms with Crippen LogP contribution in [0.2, 0.25) is 0 Å². The van der Waals surface area contributed by atoms with Crippen LogP contribution in [0.4, 0.5) is 11.4 Å². The van der Waals surface area contributed by atoms with Gasteiger partial charge >= 0.3 is 0 Å². The Morgan fingerprint density at radius 1 is 0.977 bits per heavy atom. The van der Waals surface area contributed by atoms with Gasteiger partial charge in [-0.05, 0) is 60.2 Å². The number of nitrogens with zero attached hydrogens (tertiary/aromatic N) is 3. The van der Waals surface area contributed by atoms with Gasteiger partial charge in [0.15, 0.2) is 0 Å². The summed E-state index contributed by atoms with van der Waals surface area (Å²) in [7, 11) is 0. The lowest BCUT2D eigenvalue weighted by Crippen LogP contribution is -2.34. The predicted molar refractivity (Wildman–Crippen MR) is 175 cm³/mol. The zero-order valence-electron chi connectivity index (χ0n) is 25.6. The minimum absolute atomic E-state index is 0.00355. The number of nitrogens with one attached hydrogen (secondary N) is 1. The van der Waals surface area contributed by atoms with Crippen LogP contribution in [-0.2, 0) is 11.3 Å². The van der Waals surface area contributed by atoms with Gasteiger partial charge in [-0.3, -0.25) is 14.5 Å². The number of fused-ring (bicyclic) bond motifs is 1. The standard InChI is InChI=1S/C36H43N5O2/c1-4-16-41(17-5-2)36(43)30-18-28-14-15-29(20-33(28)39-34(37)21-30)35(42)38-31-13-9-12-27(19-31)32-24-40(22-25(32)3)23-26-10-7-6-8-11-26/h6-15,18-20,25,32H,4-5,16-17,21-24H2,1-3H3,(H2,37,39)(H,38,42)/t25-,32?/m0/s1. The lowest BCUT2D eigenvalue weighted by Gasteiger charge is -2.22. The summed E-state index contributed by atoms with van der Waals surface area (Å²) in [5.41, 5.74) is 12.1. The van der Waals surface area contributed by atoms with Crippen LogP contribution in [0.25, 0.3) is 6.08 Å². The number of hydrogen-bond acceptors (Lipinski definition) is 5. The molecule has 43 heavy (non-hydrogen) atoms. The highest BCUT2D eigenvalue weighted by molar-refractivity contribution is 6.08. The van der Waals surface area contributed by atoms with Crippen LogP contribution >= 0.6 is 0 Å². The van der Waals surface area contributed by atoms with Gasteiger partial charge < -0.3 is 16.0 Å². The number of likely N-dealkylation sites (tertiary alicyclic amines) is 1. The van der Waals surface area contributed by atoms with Crippen molar-refractivity contribution in [1.82, 2.24) is 9.80 Å². The highest BCUT2D eigenvalue weighted by Crippen LogP contribution is 2.34. The Morgan fingerprint density at radius 3 is 2.49 bits per heavy atom. The number of rotatable bonds is 10. The van der Waals surface area contributed by atoms with Gasteiger partial charge in [0, 0.05) is 67.4 Å². The van der Waals surface area contributed by atoms with Crippen LogP contribution in [0, 0.1) is 5.92 Å². The molecule has 224 valence electrons. The van der Waals surface area contributed by atoms with Gasteiger partial charge in [-0.1, -0.05) is 69.3 Å². The molecule has 3 aromatic rings. The largest absolute Gasteiger partial charge is 0.387 e. The van der Waals surface area contributed by atoms with Gasteiger partial charge in [0.25, 0.3) is 5.91 Å². The first-order valence-corrected chi connectivity index (χ1v) is 15.5. The summed E-state index contributed by atoms with van der Waals surface area (Å²) in [6.07, 6.45) is 3.95. The van der Waals surface area contributed by atoms with E-state index in [-0.39, 0.29) is 18.2 Å². The van der Waals surface area contributed by atoms with Gasteiger partial charge in [-0.25, -0.2) is 4.99 Å². The van der Waals surface area contributed by atoms with Crippen molar-refractivity contribution in [3.8, 4) is 0 Å². The maximum absolute atomic E-state index is 13.3. The fourth-order valence-corrected chi connectivity index (χ4v) is 6.25. The molecule has 0 spiro atoms. The van der Waals surface area contributed by atoms with Gasteiger partial charge in [0.05, 0.1) is 5.69 Å². The summed E-state index contributed by atoms with van der Waals surface area (Å²) in [4.78, 5) is 35.6. The second-order valence-electron chi connectivity index (χ2n) is 11.9. The van der Waals surface area contributed by atoms with Crippen molar-refractivity contribution in [3.63, 3.8) is 0 Å². The van der Waals surface area contributed by atoms with E-state index in [2.05, 4.69) is 78.4 Å². The number of hydrogen-bond donors (Lipinski definition) is 2. The van der Waals surface area contributed by atoms with Crippen molar-refractivity contribution in [1.29, 1.82) is 0 Å². The van der Waals surface area contributed by atoms with E-state index in [4.69, 9.17) is 5.73 Å². The molecule has 2 atom stereocenters. The van der Waals surface area contributed by atoms with Crippen molar-refractivity contribution in [2.45, 2.75) is 52.5 Å². The van der Waals surface area contributed by atoms with Crippen LogP contribution in [0.5, 0.6) is 0 Å². The van der Waals surface area contributed by atoms with Crippen molar-refractivity contribution >= 4 is 35.1 Å². The molecule has 2 aliphatic rings. The highest BCUT2D eigenvalue weighted by Gasteiger charge is 2.31. The van der Waals surface area contributed by atoms with E-state index in [1.807, 2.05) is 29.2 Å². The number of benzene rings is 3. The highest BCUT2D eigenvalue weighted by atomic mass is 16.2. The molecule has 0 bridgehead atoms. The normalized spacial score (nSPS) is 18.3. The third-order valence-electron chi connectivity index (χ3n) is 8.32. The average molecular weight is 578 g/mol. The maximum Gasteiger partial charge on any atom is 0.255 e. The lowest BCUT2D eigenvalue weighted by atomic mass is 9.90. The van der Waals surface area contributed by atoms with Gasteiger partial charge in [0.1, 0.15) is 5.84 Å². The van der Waals surface area contributed by atoms with E-state index in [0.29, 0.717) is 47.6 Å². The first-order valence-electron chi connectivity index (χ1n) is 15.5. The smallest absolute Gasteiger partial charge is 0.255 e. The monoisotopic (exact) mass is 577 g/mol. The van der Waals surface area contributed by atoms with E-state index < -0.39 is 0 Å². The van der Waals surface area contributed by atoms with Crippen LogP contribution < -0.4 is 11.1 Å². The first kappa shape index (κ1) is 30.2. The molecule has 0 aromatic heterocycles. The van der Waals surface area contributed by atoms with E-state index >= 15 is 0 Å². The van der Waals surface area contributed by atoms with Crippen molar-refractivity contribution in [2.24, 2.45) is 16.6 Å². The molecular formula is C36H43N5O2. The zero-order chi connectivity index (χ0) is 30.3. The van der Waals surface area contributed by atoms with Gasteiger partial charge in [-0.15, -0.1) is 0 Å². The molecule has 5 rings (SSSR count). The van der Waals surface area contributed by atoms with Crippen LogP contribution in [0.3, 0.4) is 0 Å². The summed E-state index contributed by atoms with van der Waals surface area (Å²) in [5, 5.41) is 3.08. The average Bonchev–Trinajstić information content (AvgIpc) is 3.27. The van der Waals surface area contributed by atoms with E-state index in [0.717, 1.165) is 43.7 Å². The molecule has 0 aliphatic carbocycles. The third kappa shape index (κ3) is 7.41. The number of aliphatic imine (C=N–C) groups is 1. The molecule has 1 saturated heterocycles. The van der Waals surface area contributed by atoms with E-state index in [1.165, 1.54) is 11.1 Å². The topological polar surface area (TPSA) is 91.0 Å². The Morgan fingerprint density at radius 2 is 1.74 bits per heavy atom. The first-order chi connectivity index (χ1) is 20.8. The fraction of sp³-hybridized carbons (Fsp3) is 0.361. The molecule has 2 amide bonds. The summed E-state index contributed by atoms with van der Waals surface area (Å²) >= 11 is 0. The SMILES string of the molecule is CCCN(CCC)C(=O)C1=Cc2ccc(C(=O)Nc3cccc(C4CN(Cc5ccccc5)C[C@@H]4C)c3)cc2N=C(N)C1. The summed E-state index contributed by atoms with van der Waals surface area (Å²) in [5.74, 6) is 1.07. The molecule has 2 heterocycles.